The van der Waals surface area contributed by atoms with Crippen molar-refractivity contribution in [2.45, 2.75) is 32.4 Å². The molecule has 0 unspecified atom stereocenters. The third-order valence-electron chi connectivity index (χ3n) is 3.19. The normalized spacial score (nSPS) is 21.6. The van der Waals surface area contributed by atoms with Crippen LogP contribution in [0.15, 0.2) is 16.6 Å². The van der Waals surface area contributed by atoms with Gasteiger partial charge in [-0.3, -0.25) is 4.90 Å². The molecule has 4 heteroatoms. The average Bonchev–Trinajstić information content (AvgIpc) is 2.65. The molecular formula is C12H14BrF2N. The van der Waals surface area contributed by atoms with Crippen molar-refractivity contribution in [1.29, 1.82) is 0 Å². The predicted molar refractivity (Wildman–Crippen MR) is 63.2 cm³/mol. The standard InChI is InChI=1S/C12H14BrF2N/c1-8-3-2-6-16(8)7-9-10(14)4-5-11(15)12(9)13/h4-5,8H,2-3,6-7H2,1H3/t8-/m1/s1. The summed E-state index contributed by atoms with van der Waals surface area (Å²) < 4.78 is 27.1. The Kier molecular flexibility index (Phi) is 3.60. The first-order chi connectivity index (χ1) is 7.59. The molecule has 0 saturated carbocycles. The minimum absolute atomic E-state index is 0.256. The zero-order valence-electron chi connectivity index (χ0n) is 9.14. The molecule has 2 rings (SSSR count). The lowest BCUT2D eigenvalue weighted by Gasteiger charge is -2.22. The van der Waals surface area contributed by atoms with E-state index in [-0.39, 0.29) is 10.3 Å². The van der Waals surface area contributed by atoms with Crippen LogP contribution in [0.5, 0.6) is 0 Å². The summed E-state index contributed by atoms with van der Waals surface area (Å²) in [5.74, 6) is -0.740. The lowest BCUT2D eigenvalue weighted by Crippen LogP contribution is -2.27. The Labute approximate surface area is 103 Å². The van der Waals surface area contributed by atoms with Crippen LogP contribution in [0.4, 0.5) is 8.78 Å². The highest BCUT2D eigenvalue weighted by Gasteiger charge is 2.23. The maximum atomic E-state index is 13.6. The molecule has 1 aromatic rings. The second-order valence-electron chi connectivity index (χ2n) is 4.28. The minimum atomic E-state index is -0.400. The van der Waals surface area contributed by atoms with Gasteiger partial charge in [0.05, 0.1) is 4.47 Å². The van der Waals surface area contributed by atoms with Gasteiger partial charge in [-0.2, -0.15) is 0 Å². The fraction of sp³-hybridized carbons (Fsp3) is 0.500. The predicted octanol–water partition coefficient (Wildman–Crippen LogP) is 3.71. The van der Waals surface area contributed by atoms with Gasteiger partial charge in [-0.25, -0.2) is 8.78 Å². The van der Waals surface area contributed by atoms with E-state index in [4.69, 9.17) is 0 Å². The first-order valence-electron chi connectivity index (χ1n) is 5.46. The summed E-state index contributed by atoms with van der Waals surface area (Å²) >= 11 is 3.12. The number of hydrogen-bond donors (Lipinski definition) is 0. The first-order valence-corrected chi connectivity index (χ1v) is 6.25. The van der Waals surface area contributed by atoms with E-state index in [9.17, 15) is 8.78 Å². The lowest BCUT2D eigenvalue weighted by molar-refractivity contribution is 0.255. The maximum absolute atomic E-state index is 13.6. The highest BCUT2D eigenvalue weighted by Crippen LogP contribution is 2.27. The smallest absolute Gasteiger partial charge is 0.137 e. The molecule has 1 atom stereocenters. The van der Waals surface area contributed by atoms with Crippen LogP contribution in [-0.4, -0.2) is 17.5 Å². The van der Waals surface area contributed by atoms with Gasteiger partial charge in [0.1, 0.15) is 11.6 Å². The van der Waals surface area contributed by atoms with Crippen LogP contribution < -0.4 is 0 Å². The zero-order valence-corrected chi connectivity index (χ0v) is 10.7. The largest absolute Gasteiger partial charge is 0.296 e. The summed E-state index contributed by atoms with van der Waals surface area (Å²) in [6, 6.07) is 2.79. The monoisotopic (exact) mass is 289 g/mol. The maximum Gasteiger partial charge on any atom is 0.137 e. The van der Waals surface area contributed by atoms with Crippen molar-refractivity contribution in [3.05, 3.63) is 33.8 Å². The minimum Gasteiger partial charge on any atom is -0.296 e. The summed E-state index contributed by atoms with van der Waals surface area (Å²) in [4.78, 5) is 2.18. The van der Waals surface area contributed by atoms with Crippen molar-refractivity contribution in [3.8, 4) is 0 Å². The van der Waals surface area contributed by atoms with E-state index < -0.39 is 5.82 Å². The third kappa shape index (κ3) is 2.28. The summed E-state index contributed by atoms with van der Waals surface area (Å²) in [5, 5.41) is 0. The van der Waals surface area contributed by atoms with Crippen LogP contribution in [0.3, 0.4) is 0 Å². The van der Waals surface area contributed by atoms with Gasteiger partial charge in [0.2, 0.25) is 0 Å². The topological polar surface area (TPSA) is 3.24 Å². The fourth-order valence-corrected chi connectivity index (χ4v) is 2.59. The van der Waals surface area contributed by atoms with Gasteiger partial charge in [-0.05, 0) is 54.4 Å². The van der Waals surface area contributed by atoms with E-state index in [0.717, 1.165) is 25.5 Å². The van der Waals surface area contributed by atoms with E-state index in [0.29, 0.717) is 18.2 Å². The Bertz CT molecular complexity index is 395. The van der Waals surface area contributed by atoms with Crippen molar-refractivity contribution >= 4 is 15.9 Å². The number of likely N-dealkylation sites (tertiary alicyclic amines) is 1. The Hall–Kier alpha value is -0.480. The molecule has 1 heterocycles. The van der Waals surface area contributed by atoms with E-state index in [1.807, 2.05) is 0 Å². The van der Waals surface area contributed by atoms with Gasteiger partial charge in [0.15, 0.2) is 0 Å². The average molecular weight is 290 g/mol. The molecular weight excluding hydrogens is 276 g/mol. The number of hydrogen-bond acceptors (Lipinski definition) is 1. The Morgan fingerprint density at radius 1 is 1.38 bits per heavy atom. The van der Waals surface area contributed by atoms with Gasteiger partial charge in [-0.15, -0.1) is 0 Å². The van der Waals surface area contributed by atoms with Gasteiger partial charge >= 0.3 is 0 Å². The van der Waals surface area contributed by atoms with Crippen molar-refractivity contribution in [2.24, 2.45) is 0 Å². The fourth-order valence-electron chi connectivity index (χ4n) is 2.14. The van der Waals surface area contributed by atoms with Crippen molar-refractivity contribution in [3.63, 3.8) is 0 Å². The molecule has 1 aromatic carbocycles. The van der Waals surface area contributed by atoms with Crippen molar-refractivity contribution in [1.82, 2.24) is 4.90 Å². The zero-order chi connectivity index (χ0) is 11.7. The van der Waals surface area contributed by atoms with Crippen LogP contribution in [-0.2, 0) is 6.54 Å². The molecule has 1 aliphatic heterocycles. The molecule has 0 N–H and O–H groups in total. The first kappa shape index (κ1) is 12.0. The molecule has 0 radical (unpaired) electrons. The van der Waals surface area contributed by atoms with Gasteiger partial charge < -0.3 is 0 Å². The molecule has 16 heavy (non-hydrogen) atoms. The number of benzene rings is 1. The van der Waals surface area contributed by atoms with E-state index in [1.54, 1.807) is 0 Å². The number of nitrogens with zero attached hydrogens (tertiary/aromatic N) is 1. The molecule has 1 saturated heterocycles. The molecule has 0 amide bonds. The summed E-state index contributed by atoms with van der Waals surface area (Å²) in [5.41, 5.74) is 0.425. The van der Waals surface area contributed by atoms with Gasteiger partial charge in [0, 0.05) is 18.2 Å². The van der Waals surface area contributed by atoms with Crippen LogP contribution in [0.25, 0.3) is 0 Å². The molecule has 1 fully saturated rings. The Balaban J connectivity index is 2.23. The summed E-state index contributed by atoms with van der Waals surface area (Å²) in [6.07, 6.45) is 2.27. The molecule has 0 aromatic heterocycles. The van der Waals surface area contributed by atoms with E-state index in [2.05, 4.69) is 27.8 Å². The third-order valence-corrected chi connectivity index (χ3v) is 4.05. The molecule has 88 valence electrons. The van der Waals surface area contributed by atoms with Crippen LogP contribution in [0.1, 0.15) is 25.3 Å². The van der Waals surface area contributed by atoms with Crippen molar-refractivity contribution < 1.29 is 8.78 Å². The highest BCUT2D eigenvalue weighted by atomic mass is 79.9. The van der Waals surface area contributed by atoms with E-state index in [1.165, 1.54) is 6.07 Å². The van der Waals surface area contributed by atoms with Crippen LogP contribution in [0, 0.1) is 11.6 Å². The highest BCUT2D eigenvalue weighted by molar-refractivity contribution is 9.10. The second kappa shape index (κ2) is 4.80. The summed E-state index contributed by atoms with van der Waals surface area (Å²) in [6.45, 7) is 3.56. The lowest BCUT2D eigenvalue weighted by atomic mass is 10.2. The van der Waals surface area contributed by atoms with Crippen molar-refractivity contribution in [2.75, 3.05) is 6.54 Å². The summed E-state index contributed by atoms with van der Waals surface area (Å²) in [7, 11) is 0. The van der Waals surface area contributed by atoms with Crippen LogP contribution >= 0.6 is 15.9 Å². The number of rotatable bonds is 2. The van der Waals surface area contributed by atoms with Gasteiger partial charge in [0.25, 0.3) is 0 Å². The quantitative estimate of drug-likeness (QED) is 0.750. The van der Waals surface area contributed by atoms with Gasteiger partial charge in [-0.1, -0.05) is 0 Å². The molecule has 1 nitrogen and oxygen atoms in total. The number of halogens is 3. The Morgan fingerprint density at radius 2 is 2.06 bits per heavy atom. The molecule has 1 aliphatic rings. The second-order valence-corrected chi connectivity index (χ2v) is 5.08. The molecule has 0 spiro atoms. The van der Waals surface area contributed by atoms with E-state index >= 15 is 0 Å². The Morgan fingerprint density at radius 3 is 2.69 bits per heavy atom. The molecule has 0 bridgehead atoms. The molecule has 0 aliphatic carbocycles. The SMILES string of the molecule is C[C@@H]1CCCN1Cc1c(F)ccc(F)c1Br. The van der Waals surface area contributed by atoms with Crippen LogP contribution in [0.2, 0.25) is 0 Å².